The van der Waals surface area contributed by atoms with E-state index in [1.807, 2.05) is 0 Å². The number of hydrogen-bond donors (Lipinski definition) is 3. The second kappa shape index (κ2) is 9.86. The first-order chi connectivity index (χ1) is 5.58. The number of carboxylic acids is 1. The Balaban J connectivity index is 0. The molecule has 0 aromatic carbocycles. The summed E-state index contributed by atoms with van der Waals surface area (Å²) in [5, 5.41) is 7.60. The average Bonchev–Trinajstić information content (AvgIpc) is 2.06. The summed E-state index contributed by atoms with van der Waals surface area (Å²) in [6.45, 7) is 1.86. The minimum Gasteiger partial charge on any atom is -0.480 e. The lowest BCUT2D eigenvalue weighted by Crippen LogP contribution is -2.16. The maximum absolute atomic E-state index is 10.1. The van der Waals surface area contributed by atoms with Gasteiger partial charge < -0.3 is 21.3 Å². The Morgan fingerprint density at radius 2 is 1.75 bits per heavy atom. The van der Waals surface area contributed by atoms with E-state index in [1.54, 1.807) is 6.92 Å². The van der Waals surface area contributed by atoms with Gasteiger partial charge in [-0.05, 0) is 6.92 Å². The molecule has 5 N–H and O–H groups in total. The van der Waals surface area contributed by atoms with Crippen LogP contribution >= 0.6 is 0 Å². The Morgan fingerprint density at radius 1 is 1.33 bits per heavy atom. The molecule has 0 amide bonds. The monoisotopic (exact) mass is 178 g/mol. The third kappa shape index (κ3) is 15.9. The van der Waals surface area contributed by atoms with Crippen LogP contribution in [0, 0.1) is 0 Å². The van der Waals surface area contributed by atoms with Gasteiger partial charge in [0.05, 0.1) is 19.7 Å². The highest BCUT2D eigenvalue weighted by Gasteiger charge is 1.91. The maximum atomic E-state index is 10.1. The van der Waals surface area contributed by atoms with Gasteiger partial charge in [-0.3, -0.25) is 9.59 Å². The fourth-order valence-electron chi connectivity index (χ4n) is 0.220. The lowest BCUT2D eigenvalue weighted by atomic mass is 10.7. The molecule has 0 saturated carbocycles. The van der Waals surface area contributed by atoms with Gasteiger partial charge in [-0.25, -0.2) is 0 Å². The minimum absolute atomic E-state index is 0.0200. The number of nitrogens with two attached hydrogens (primary N) is 2. The van der Waals surface area contributed by atoms with Gasteiger partial charge in [-0.1, -0.05) is 0 Å². The van der Waals surface area contributed by atoms with Gasteiger partial charge in [0.1, 0.15) is 0 Å². The molecule has 0 spiro atoms. The van der Waals surface area contributed by atoms with Crippen molar-refractivity contribution in [1.82, 2.24) is 0 Å². The third-order valence-corrected chi connectivity index (χ3v) is 0.647. The van der Waals surface area contributed by atoms with Crippen LogP contribution < -0.4 is 11.5 Å². The Labute approximate surface area is 70.5 Å². The minimum atomic E-state index is -0.968. The van der Waals surface area contributed by atoms with Crippen molar-refractivity contribution in [3.63, 3.8) is 0 Å². The molecule has 6 heteroatoms. The predicted octanol–water partition coefficient (Wildman–Crippen LogP) is -1.46. The van der Waals surface area contributed by atoms with Crippen molar-refractivity contribution in [2.75, 3.05) is 19.7 Å². The van der Waals surface area contributed by atoms with E-state index in [4.69, 9.17) is 10.8 Å². The molecule has 0 unspecified atom stereocenters. The number of rotatable bonds is 3. The van der Waals surface area contributed by atoms with Gasteiger partial charge in [0, 0.05) is 0 Å². The average molecular weight is 178 g/mol. The highest BCUT2D eigenvalue weighted by atomic mass is 16.5. The molecule has 0 radical (unpaired) electrons. The zero-order chi connectivity index (χ0) is 9.98. The number of aliphatic carboxylic acids is 1. The fraction of sp³-hybridized carbons (Fsp3) is 0.667. The van der Waals surface area contributed by atoms with E-state index in [-0.39, 0.29) is 19.1 Å². The first-order valence-electron chi connectivity index (χ1n) is 3.36. The van der Waals surface area contributed by atoms with Crippen molar-refractivity contribution in [2.24, 2.45) is 11.5 Å². The van der Waals surface area contributed by atoms with Crippen molar-refractivity contribution < 1.29 is 19.4 Å². The number of carboxylic acid groups (broad SMARTS) is 1. The van der Waals surface area contributed by atoms with E-state index in [0.717, 1.165) is 0 Å². The molecular weight excluding hydrogens is 164 g/mol. The number of hydrogen-bond acceptors (Lipinski definition) is 5. The molecule has 0 aromatic rings. The fourth-order valence-corrected chi connectivity index (χ4v) is 0.220. The number of carbonyl (C=O) groups is 2. The molecular formula is C6H14N2O4. The molecule has 12 heavy (non-hydrogen) atoms. The zero-order valence-electron chi connectivity index (χ0n) is 6.95. The molecule has 0 bridgehead atoms. The summed E-state index contributed by atoms with van der Waals surface area (Å²) in [5.41, 5.74) is 9.46. The van der Waals surface area contributed by atoms with Crippen LogP contribution in [0.4, 0.5) is 0 Å². The van der Waals surface area contributed by atoms with E-state index in [2.05, 4.69) is 10.5 Å². The smallest absolute Gasteiger partial charge is 0.319 e. The van der Waals surface area contributed by atoms with E-state index < -0.39 is 5.97 Å². The summed E-state index contributed by atoms with van der Waals surface area (Å²) in [6, 6.07) is 0. The van der Waals surface area contributed by atoms with Crippen LogP contribution in [0.2, 0.25) is 0 Å². The SMILES string of the molecule is CCOC(=O)CN.NCC(=O)O. The molecule has 0 heterocycles. The highest BCUT2D eigenvalue weighted by molar-refractivity contribution is 5.71. The molecule has 0 aromatic heterocycles. The maximum Gasteiger partial charge on any atom is 0.319 e. The molecule has 0 aliphatic rings. The lowest BCUT2D eigenvalue weighted by Gasteiger charge is -1.93. The van der Waals surface area contributed by atoms with Gasteiger partial charge in [0.15, 0.2) is 0 Å². The second-order valence-corrected chi connectivity index (χ2v) is 1.61. The lowest BCUT2D eigenvalue weighted by molar-refractivity contribution is -0.141. The Bertz CT molecular complexity index is 138. The Kier molecular flexibility index (Phi) is 11.1. The van der Waals surface area contributed by atoms with Gasteiger partial charge in [-0.15, -0.1) is 0 Å². The van der Waals surface area contributed by atoms with Crippen molar-refractivity contribution in [3.8, 4) is 0 Å². The molecule has 0 aliphatic carbocycles. The third-order valence-electron chi connectivity index (χ3n) is 0.647. The van der Waals surface area contributed by atoms with E-state index in [9.17, 15) is 9.59 Å². The number of carbonyl (C=O) groups excluding carboxylic acids is 1. The molecule has 0 atom stereocenters. The summed E-state index contributed by atoms with van der Waals surface area (Å²) >= 11 is 0. The van der Waals surface area contributed by atoms with Crippen molar-refractivity contribution in [2.45, 2.75) is 6.92 Å². The van der Waals surface area contributed by atoms with Crippen molar-refractivity contribution in [1.29, 1.82) is 0 Å². The summed E-state index contributed by atoms with van der Waals surface area (Å²) in [7, 11) is 0. The molecule has 0 fully saturated rings. The normalized spacial score (nSPS) is 7.92. The molecule has 0 saturated heterocycles. The quantitative estimate of drug-likeness (QED) is 0.455. The van der Waals surface area contributed by atoms with Gasteiger partial charge in [-0.2, -0.15) is 0 Å². The van der Waals surface area contributed by atoms with Crippen molar-refractivity contribution >= 4 is 11.9 Å². The van der Waals surface area contributed by atoms with E-state index >= 15 is 0 Å². The first kappa shape index (κ1) is 13.4. The summed E-state index contributed by atoms with van der Waals surface area (Å²) in [4.78, 5) is 19.3. The van der Waals surface area contributed by atoms with Crippen molar-refractivity contribution in [3.05, 3.63) is 0 Å². The van der Waals surface area contributed by atoms with Crippen LogP contribution in [0.3, 0.4) is 0 Å². The van der Waals surface area contributed by atoms with Gasteiger partial charge >= 0.3 is 11.9 Å². The van der Waals surface area contributed by atoms with Crippen LogP contribution in [0.15, 0.2) is 0 Å². The van der Waals surface area contributed by atoms with E-state index in [0.29, 0.717) is 6.61 Å². The second-order valence-electron chi connectivity index (χ2n) is 1.61. The van der Waals surface area contributed by atoms with Gasteiger partial charge in [0.2, 0.25) is 0 Å². The van der Waals surface area contributed by atoms with Crippen LogP contribution in [-0.4, -0.2) is 36.7 Å². The molecule has 72 valence electrons. The van der Waals surface area contributed by atoms with Gasteiger partial charge in [0.25, 0.3) is 0 Å². The summed E-state index contributed by atoms with van der Waals surface area (Å²) in [6.07, 6.45) is 0. The molecule has 0 rings (SSSR count). The topological polar surface area (TPSA) is 116 Å². The predicted molar refractivity (Wildman–Crippen MR) is 42.4 cm³/mol. The standard InChI is InChI=1S/C4H9NO2.C2H5NO2/c1-2-7-4(6)3-5;3-1-2(4)5/h2-3,5H2,1H3;1,3H2,(H,4,5). The van der Waals surface area contributed by atoms with Crippen LogP contribution in [0.25, 0.3) is 0 Å². The number of esters is 1. The zero-order valence-corrected chi connectivity index (χ0v) is 6.95. The highest BCUT2D eigenvalue weighted by Crippen LogP contribution is 1.69. The van der Waals surface area contributed by atoms with Crippen LogP contribution in [0.1, 0.15) is 6.92 Å². The Hall–Kier alpha value is -1.14. The first-order valence-corrected chi connectivity index (χ1v) is 3.36. The molecule has 0 aliphatic heterocycles. The Morgan fingerprint density at radius 3 is 1.83 bits per heavy atom. The summed E-state index contributed by atoms with van der Waals surface area (Å²) in [5.74, 6) is -1.31. The molecule has 6 nitrogen and oxygen atoms in total. The largest absolute Gasteiger partial charge is 0.480 e. The van der Waals surface area contributed by atoms with Crippen LogP contribution in [0.5, 0.6) is 0 Å². The van der Waals surface area contributed by atoms with E-state index in [1.165, 1.54) is 0 Å². The van der Waals surface area contributed by atoms with Crippen LogP contribution in [-0.2, 0) is 14.3 Å². The summed E-state index contributed by atoms with van der Waals surface area (Å²) < 4.78 is 4.43. The number of ether oxygens (including phenoxy) is 1.